The molecule has 0 heterocycles. The molecule has 0 fully saturated rings. The molecule has 58 heavy (non-hydrogen) atoms. The number of hydrogen-bond acceptors (Lipinski definition) is 15. The minimum Gasteiger partial charge on any atom is -0.480 e. The van der Waals surface area contributed by atoms with Crippen molar-refractivity contribution in [2.24, 2.45) is 22.9 Å². The summed E-state index contributed by atoms with van der Waals surface area (Å²) >= 11 is 3.20. The molecule has 0 bridgehead atoms. The van der Waals surface area contributed by atoms with Crippen LogP contribution in [0.15, 0.2) is 0 Å². The van der Waals surface area contributed by atoms with E-state index in [9.17, 15) is 28.8 Å². The third-order valence-electron chi connectivity index (χ3n) is 7.83. The minimum atomic E-state index is -1.18. The van der Waals surface area contributed by atoms with Gasteiger partial charge in [-0.25, -0.2) is 4.79 Å². The van der Waals surface area contributed by atoms with E-state index in [-0.39, 0.29) is 5.91 Å². The number of carboxylic acids is 5. The number of unbranched alkanes of at least 4 members (excludes halogenated alkanes) is 12. The topological polar surface area (TPSA) is 380 Å². The lowest BCUT2D eigenvalue weighted by Gasteiger charge is -2.13. The molecule has 0 aromatic rings. The Morgan fingerprint density at radius 1 is 0.534 bits per heavy atom. The van der Waals surface area contributed by atoms with E-state index in [0.29, 0.717) is 19.3 Å². The third kappa shape index (κ3) is 49.4. The lowest BCUT2D eigenvalue weighted by Crippen LogP contribution is -2.41. The first kappa shape index (κ1) is 64.4. The van der Waals surface area contributed by atoms with Gasteiger partial charge in [0.05, 0.1) is 18.8 Å². The summed E-state index contributed by atoms with van der Waals surface area (Å²) in [5, 5.41) is 69.0. The highest BCUT2D eigenvalue weighted by atomic mass is 32.2. The highest BCUT2D eigenvalue weighted by molar-refractivity contribution is 7.98. The molecule has 0 aliphatic carbocycles. The molecule has 17 N–H and O–H groups in total. The van der Waals surface area contributed by atoms with Gasteiger partial charge < -0.3 is 69.1 Å². The Morgan fingerprint density at radius 2 is 0.879 bits per heavy atom. The first-order valence-corrected chi connectivity index (χ1v) is 22.3. The minimum absolute atomic E-state index is 0.124. The highest BCUT2D eigenvalue weighted by Gasteiger charge is 2.19. The molecule has 0 saturated carbocycles. The Morgan fingerprint density at radius 3 is 1.12 bits per heavy atom. The molecule has 346 valence electrons. The summed E-state index contributed by atoms with van der Waals surface area (Å²) in [6.45, 7) is 4.42. The number of nitrogens with two attached hydrogens (primary N) is 4. The van der Waals surface area contributed by atoms with Gasteiger partial charge in [0.1, 0.15) is 30.2 Å². The lowest BCUT2D eigenvalue weighted by atomic mass is 10.0. The molecule has 0 saturated heterocycles. The fourth-order valence-corrected chi connectivity index (χ4v) is 4.88. The van der Waals surface area contributed by atoms with Gasteiger partial charge in [0.25, 0.3) is 0 Å². The lowest BCUT2D eigenvalue weighted by molar-refractivity contribution is -0.142. The standard InChI is InChI=1S/C21H41NO3S.C5H11NO2S.2C4H9NO3.C3H7NO3/c1-3-4-5-6-7-8-9-10-11-12-13-14-15-16-20(23)22-19(21(24)25)17-18-26-2;1-9-3-2-4(6)5(7)8;2*1-2(6)3(5)4(7)8;4-2(1-5)3(6)7/h19H,3-18H2,1-2H3,(H,22,23)(H,24,25);4H,2-3,6H2,1H3,(H,7,8);2*2-3,6H,5H2,1H3,(H,7,8);2,5H,1,4H2,(H,6,7). The Kier molecular flexibility index (Phi) is 50.3. The number of carboxylic acid groups (broad SMARTS) is 5. The molecule has 0 spiro atoms. The number of amides is 1. The molecule has 0 aromatic heterocycles. The first-order valence-electron chi connectivity index (χ1n) is 19.5. The van der Waals surface area contributed by atoms with Gasteiger partial charge in [-0.1, -0.05) is 84.0 Å². The average molecular weight is 880 g/mol. The Balaban J connectivity index is -0.000000237. The molecule has 21 heteroatoms. The van der Waals surface area contributed by atoms with Gasteiger partial charge in [-0.05, 0) is 57.1 Å². The van der Waals surface area contributed by atoms with Crippen LogP contribution >= 0.6 is 23.5 Å². The van der Waals surface area contributed by atoms with Gasteiger partial charge in [-0.15, -0.1) is 0 Å². The van der Waals surface area contributed by atoms with Gasteiger partial charge in [-0.3, -0.25) is 24.0 Å². The monoisotopic (exact) mass is 879 g/mol. The van der Waals surface area contributed by atoms with Crippen LogP contribution in [0.5, 0.6) is 0 Å². The van der Waals surface area contributed by atoms with Crippen molar-refractivity contribution < 1.29 is 69.6 Å². The number of aliphatic hydroxyl groups is 3. The van der Waals surface area contributed by atoms with E-state index in [1.807, 2.05) is 12.5 Å². The van der Waals surface area contributed by atoms with E-state index >= 15 is 0 Å². The third-order valence-corrected chi connectivity index (χ3v) is 9.11. The number of nitrogens with one attached hydrogen (secondary N) is 1. The summed E-state index contributed by atoms with van der Waals surface area (Å²) in [5.74, 6) is -3.95. The van der Waals surface area contributed by atoms with Crippen LogP contribution in [0.25, 0.3) is 0 Å². The van der Waals surface area contributed by atoms with Crippen LogP contribution in [-0.4, -0.2) is 150 Å². The van der Waals surface area contributed by atoms with Crippen molar-refractivity contribution in [3.05, 3.63) is 0 Å². The van der Waals surface area contributed by atoms with Gasteiger partial charge >= 0.3 is 29.8 Å². The predicted molar refractivity (Wildman–Crippen MR) is 229 cm³/mol. The maximum Gasteiger partial charge on any atom is 0.326 e. The molecular formula is C37H77N5O14S2. The normalized spacial score (nSPS) is 13.9. The van der Waals surface area contributed by atoms with Crippen molar-refractivity contribution in [1.29, 1.82) is 0 Å². The van der Waals surface area contributed by atoms with Crippen LogP contribution in [0.3, 0.4) is 0 Å². The van der Waals surface area contributed by atoms with Gasteiger partial charge in [-0.2, -0.15) is 23.5 Å². The number of hydrogen-bond donors (Lipinski definition) is 13. The van der Waals surface area contributed by atoms with Gasteiger partial charge in [0.15, 0.2) is 0 Å². The van der Waals surface area contributed by atoms with E-state index in [2.05, 4.69) is 12.2 Å². The van der Waals surface area contributed by atoms with Crippen LogP contribution < -0.4 is 28.3 Å². The zero-order valence-corrected chi connectivity index (χ0v) is 36.8. The molecule has 0 aliphatic heterocycles. The van der Waals surface area contributed by atoms with Crippen molar-refractivity contribution in [1.82, 2.24) is 5.32 Å². The summed E-state index contributed by atoms with van der Waals surface area (Å²) in [6, 6.07) is -4.86. The van der Waals surface area contributed by atoms with Crippen molar-refractivity contribution in [3.63, 3.8) is 0 Å². The fourth-order valence-electron chi connectivity index (χ4n) is 3.92. The van der Waals surface area contributed by atoms with E-state index in [0.717, 1.165) is 24.3 Å². The number of carbonyl (C=O) groups excluding carboxylic acids is 1. The van der Waals surface area contributed by atoms with Gasteiger partial charge in [0.2, 0.25) is 5.91 Å². The van der Waals surface area contributed by atoms with Crippen molar-refractivity contribution in [2.75, 3.05) is 30.6 Å². The van der Waals surface area contributed by atoms with Crippen LogP contribution in [-0.2, 0) is 28.8 Å². The van der Waals surface area contributed by atoms with Crippen LogP contribution in [0, 0.1) is 0 Å². The molecule has 1 amide bonds. The van der Waals surface area contributed by atoms with E-state index in [1.54, 1.807) is 23.5 Å². The Hall–Kier alpha value is -2.76. The second-order valence-corrected chi connectivity index (χ2v) is 15.3. The highest BCUT2D eigenvalue weighted by Crippen LogP contribution is 2.13. The fraction of sp³-hybridized carbons (Fsp3) is 0.838. The number of rotatable bonds is 29. The van der Waals surface area contributed by atoms with E-state index in [4.69, 9.17) is 63.8 Å². The van der Waals surface area contributed by atoms with Crippen molar-refractivity contribution in [3.8, 4) is 0 Å². The molecule has 0 radical (unpaired) electrons. The molecular weight excluding hydrogens is 803 g/mol. The molecule has 0 aromatic carbocycles. The second-order valence-electron chi connectivity index (χ2n) is 13.3. The summed E-state index contributed by atoms with van der Waals surface area (Å²) in [5.41, 5.74) is 19.8. The molecule has 0 aliphatic rings. The van der Waals surface area contributed by atoms with E-state index in [1.165, 1.54) is 84.5 Å². The number of aliphatic carboxylic acids is 5. The van der Waals surface area contributed by atoms with Crippen molar-refractivity contribution in [2.45, 2.75) is 166 Å². The quantitative estimate of drug-likeness (QED) is 0.0477. The summed E-state index contributed by atoms with van der Waals surface area (Å²) in [4.78, 5) is 62.4. The van der Waals surface area contributed by atoms with Gasteiger partial charge in [0, 0.05) is 6.42 Å². The molecule has 7 unspecified atom stereocenters. The number of aliphatic hydroxyl groups excluding tert-OH is 3. The summed E-state index contributed by atoms with van der Waals surface area (Å²) in [6.07, 6.45) is 20.0. The largest absolute Gasteiger partial charge is 0.480 e. The molecule has 7 atom stereocenters. The maximum absolute atomic E-state index is 11.8. The zero-order chi connectivity index (χ0) is 46.1. The summed E-state index contributed by atoms with van der Waals surface area (Å²) in [7, 11) is 0. The Labute approximate surface area is 352 Å². The van der Waals surface area contributed by atoms with Crippen LogP contribution in [0.1, 0.15) is 124 Å². The average Bonchev–Trinajstić information content (AvgIpc) is 3.16. The first-order chi connectivity index (χ1) is 27.1. The second kappa shape index (κ2) is 45.3. The van der Waals surface area contributed by atoms with Crippen LogP contribution in [0.2, 0.25) is 0 Å². The Bertz CT molecular complexity index is 1020. The number of carbonyl (C=O) groups is 6. The van der Waals surface area contributed by atoms with E-state index < -0.39 is 78.9 Å². The predicted octanol–water partition coefficient (Wildman–Crippen LogP) is 1.89. The SMILES string of the molecule is CC(O)C(N)C(=O)O.CC(O)C(N)C(=O)O.CCCCCCCCCCCCCCCC(=O)NC(CCSC)C(=O)O.CSCCC(N)C(=O)O.NC(CO)C(=O)O. The number of thioether (sulfide) groups is 2. The zero-order valence-electron chi connectivity index (χ0n) is 35.1. The van der Waals surface area contributed by atoms with Crippen LogP contribution in [0.4, 0.5) is 0 Å². The van der Waals surface area contributed by atoms with Crippen molar-refractivity contribution >= 4 is 59.3 Å². The summed E-state index contributed by atoms with van der Waals surface area (Å²) < 4.78 is 0. The smallest absolute Gasteiger partial charge is 0.326 e. The maximum atomic E-state index is 11.8. The molecule has 0 rings (SSSR count). The molecule has 19 nitrogen and oxygen atoms in total.